The lowest BCUT2D eigenvalue weighted by Gasteiger charge is -2.11. The number of nitrogens with one attached hydrogen (secondary N) is 2. The number of carbonyl (C=O) groups excluding carboxylic acids is 2. The number of hydrogen-bond acceptors (Lipinski definition) is 4. The molecule has 0 saturated heterocycles. The van der Waals surface area contributed by atoms with E-state index >= 15 is 0 Å². The van der Waals surface area contributed by atoms with Crippen LogP contribution in [-0.2, 0) is 6.18 Å². The summed E-state index contributed by atoms with van der Waals surface area (Å²) in [7, 11) is 0. The molecule has 0 aliphatic carbocycles. The van der Waals surface area contributed by atoms with Crippen LogP contribution in [0.15, 0.2) is 36.4 Å². The van der Waals surface area contributed by atoms with Crippen LogP contribution in [0.25, 0.3) is 0 Å². The summed E-state index contributed by atoms with van der Waals surface area (Å²) in [6.45, 7) is 3.59. The third-order valence-electron chi connectivity index (χ3n) is 3.34. The van der Waals surface area contributed by atoms with Gasteiger partial charge in [-0.15, -0.1) is 0 Å². The highest BCUT2D eigenvalue weighted by molar-refractivity contribution is 5.99. The van der Waals surface area contributed by atoms with Gasteiger partial charge in [0.1, 0.15) is 11.4 Å². The Morgan fingerprint density at radius 1 is 1.04 bits per heavy atom. The van der Waals surface area contributed by atoms with Crippen LogP contribution in [0, 0.1) is 6.92 Å². The maximum Gasteiger partial charge on any atom is 0.433 e. The van der Waals surface area contributed by atoms with Crippen LogP contribution in [0.3, 0.4) is 0 Å². The zero-order valence-corrected chi connectivity index (χ0v) is 14.0. The molecule has 2 amide bonds. The van der Waals surface area contributed by atoms with Crippen molar-refractivity contribution in [1.29, 1.82) is 0 Å². The SMILES string of the molecule is CCOc1ccc(C(=O)NNC(=O)c2ccc(C(F)(F)F)nc2C)cc1. The monoisotopic (exact) mass is 367 g/mol. The summed E-state index contributed by atoms with van der Waals surface area (Å²) in [6.07, 6.45) is -4.60. The number of amides is 2. The van der Waals surface area contributed by atoms with Gasteiger partial charge < -0.3 is 4.74 Å². The topological polar surface area (TPSA) is 80.3 Å². The van der Waals surface area contributed by atoms with Crippen molar-refractivity contribution in [2.75, 3.05) is 6.61 Å². The van der Waals surface area contributed by atoms with Crippen LogP contribution >= 0.6 is 0 Å². The molecule has 2 aromatic rings. The second-order valence-electron chi connectivity index (χ2n) is 5.19. The van der Waals surface area contributed by atoms with Crippen molar-refractivity contribution in [3.8, 4) is 5.75 Å². The zero-order chi connectivity index (χ0) is 19.3. The summed E-state index contributed by atoms with van der Waals surface area (Å²) in [4.78, 5) is 27.4. The van der Waals surface area contributed by atoms with Crippen molar-refractivity contribution >= 4 is 11.8 Å². The number of benzene rings is 1. The maximum absolute atomic E-state index is 12.6. The van der Waals surface area contributed by atoms with E-state index in [4.69, 9.17) is 4.74 Å². The van der Waals surface area contributed by atoms with Gasteiger partial charge in [-0.25, -0.2) is 4.98 Å². The second-order valence-corrected chi connectivity index (χ2v) is 5.19. The molecule has 2 N–H and O–H groups in total. The van der Waals surface area contributed by atoms with E-state index in [0.29, 0.717) is 18.4 Å². The van der Waals surface area contributed by atoms with E-state index in [2.05, 4.69) is 15.8 Å². The molecule has 6 nitrogen and oxygen atoms in total. The Bertz CT molecular complexity index is 805. The summed E-state index contributed by atoms with van der Waals surface area (Å²) < 4.78 is 43.0. The Morgan fingerprint density at radius 3 is 2.19 bits per heavy atom. The summed E-state index contributed by atoms with van der Waals surface area (Å²) in [5, 5.41) is 0. The molecule has 0 aliphatic rings. The smallest absolute Gasteiger partial charge is 0.433 e. The van der Waals surface area contributed by atoms with Crippen LogP contribution in [-0.4, -0.2) is 23.4 Å². The average Bonchev–Trinajstić information content (AvgIpc) is 2.59. The normalized spacial score (nSPS) is 11.0. The number of hydrogen-bond donors (Lipinski definition) is 2. The fourth-order valence-corrected chi connectivity index (χ4v) is 2.08. The van der Waals surface area contributed by atoms with Crippen LogP contribution in [0.2, 0.25) is 0 Å². The number of nitrogens with zero attached hydrogens (tertiary/aromatic N) is 1. The molecule has 9 heteroatoms. The van der Waals surface area contributed by atoms with Crippen molar-refractivity contribution in [1.82, 2.24) is 15.8 Å². The molecule has 1 aromatic heterocycles. The Labute approximate surface area is 147 Å². The number of alkyl halides is 3. The van der Waals surface area contributed by atoms with E-state index < -0.39 is 23.7 Å². The van der Waals surface area contributed by atoms with Crippen LogP contribution in [0.5, 0.6) is 5.75 Å². The van der Waals surface area contributed by atoms with E-state index in [1.807, 2.05) is 6.92 Å². The van der Waals surface area contributed by atoms with Crippen molar-refractivity contribution in [2.45, 2.75) is 20.0 Å². The van der Waals surface area contributed by atoms with Gasteiger partial charge in [-0.1, -0.05) is 0 Å². The van der Waals surface area contributed by atoms with Crippen molar-refractivity contribution in [2.24, 2.45) is 0 Å². The first kappa shape index (κ1) is 19.2. The first-order valence-corrected chi connectivity index (χ1v) is 7.60. The number of hydrazine groups is 1. The summed E-state index contributed by atoms with van der Waals surface area (Å²) in [6, 6.07) is 7.93. The third-order valence-corrected chi connectivity index (χ3v) is 3.34. The predicted octanol–water partition coefficient (Wildman–Crippen LogP) is 2.88. The standard InChI is InChI=1S/C17H16F3N3O3/c1-3-26-12-6-4-11(5-7-12)15(24)22-23-16(25)13-8-9-14(17(18,19)20)21-10(13)2/h4-9H,3H2,1-2H3,(H,22,24)(H,23,25). The quantitative estimate of drug-likeness (QED) is 0.815. The highest BCUT2D eigenvalue weighted by Crippen LogP contribution is 2.28. The van der Waals surface area contributed by atoms with Gasteiger partial charge in [0.2, 0.25) is 0 Å². The minimum atomic E-state index is -4.60. The molecule has 1 heterocycles. The molecule has 0 spiro atoms. The molecule has 0 fully saturated rings. The van der Waals surface area contributed by atoms with Gasteiger partial charge in [-0.2, -0.15) is 13.2 Å². The van der Waals surface area contributed by atoms with E-state index in [1.54, 1.807) is 12.1 Å². The van der Waals surface area contributed by atoms with Gasteiger partial charge in [-0.3, -0.25) is 20.4 Å². The number of rotatable bonds is 4. The zero-order valence-electron chi connectivity index (χ0n) is 14.0. The number of ether oxygens (including phenoxy) is 1. The fourth-order valence-electron chi connectivity index (χ4n) is 2.08. The molecule has 2 rings (SSSR count). The maximum atomic E-state index is 12.6. The molecular formula is C17H16F3N3O3. The number of halogens is 3. The van der Waals surface area contributed by atoms with Gasteiger partial charge in [0.15, 0.2) is 0 Å². The average molecular weight is 367 g/mol. The van der Waals surface area contributed by atoms with Crippen molar-refractivity contribution in [3.05, 3.63) is 58.9 Å². The number of aromatic nitrogens is 1. The van der Waals surface area contributed by atoms with Gasteiger partial charge in [0.25, 0.3) is 11.8 Å². The van der Waals surface area contributed by atoms with Gasteiger partial charge in [0.05, 0.1) is 17.9 Å². The number of pyridine rings is 1. The Balaban J connectivity index is 2.00. The highest BCUT2D eigenvalue weighted by Gasteiger charge is 2.33. The van der Waals surface area contributed by atoms with E-state index in [9.17, 15) is 22.8 Å². The highest BCUT2D eigenvalue weighted by atomic mass is 19.4. The molecule has 26 heavy (non-hydrogen) atoms. The van der Waals surface area contributed by atoms with E-state index in [0.717, 1.165) is 6.07 Å². The van der Waals surface area contributed by atoms with Gasteiger partial charge in [0, 0.05) is 5.56 Å². The molecule has 0 atom stereocenters. The van der Waals surface area contributed by atoms with E-state index in [1.165, 1.54) is 19.1 Å². The Kier molecular flexibility index (Phi) is 5.81. The Hall–Kier alpha value is -3.10. The molecule has 0 bridgehead atoms. The van der Waals surface area contributed by atoms with Crippen LogP contribution < -0.4 is 15.6 Å². The van der Waals surface area contributed by atoms with Gasteiger partial charge >= 0.3 is 6.18 Å². The predicted molar refractivity (Wildman–Crippen MR) is 86.5 cm³/mol. The lowest BCUT2D eigenvalue weighted by atomic mass is 10.1. The molecule has 0 aliphatic heterocycles. The molecule has 138 valence electrons. The molecule has 0 unspecified atom stereocenters. The minimum Gasteiger partial charge on any atom is -0.494 e. The van der Waals surface area contributed by atoms with Crippen molar-refractivity contribution in [3.63, 3.8) is 0 Å². The minimum absolute atomic E-state index is 0.0787. The molecular weight excluding hydrogens is 351 g/mol. The van der Waals surface area contributed by atoms with Gasteiger partial charge in [-0.05, 0) is 50.2 Å². The van der Waals surface area contributed by atoms with Crippen LogP contribution in [0.1, 0.15) is 39.0 Å². The Morgan fingerprint density at radius 2 is 1.65 bits per heavy atom. The van der Waals surface area contributed by atoms with Crippen LogP contribution in [0.4, 0.5) is 13.2 Å². The van der Waals surface area contributed by atoms with E-state index in [-0.39, 0.29) is 16.8 Å². The molecule has 0 saturated carbocycles. The molecule has 1 aromatic carbocycles. The summed E-state index contributed by atoms with van der Waals surface area (Å²) >= 11 is 0. The third kappa shape index (κ3) is 4.71. The fraction of sp³-hybridized carbons (Fsp3) is 0.235. The summed E-state index contributed by atoms with van der Waals surface area (Å²) in [5.74, 6) is -0.763. The lowest BCUT2D eigenvalue weighted by Crippen LogP contribution is -2.42. The number of carbonyl (C=O) groups is 2. The second kappa shape index (κ2) is 7.85. The largest absolute Gasteiger partial charge is 0.494 e. The number of aryl methyl sites for hydroxylation is 1. The first-order chi connectivity index (χ1) is 12.2. The lowest BCUT2D eigenvalue weighted by molar-refractivity contribution is -0.141. The first-order valence-electron chi connectivity index (χ1n) is 7.60. The van der Waals surface area contributed by atoms with Crippen molar-refractivity contribution < 1.29 is 27.5 Å². The molecule has 0 radical (unpaired) electrons. The summed E-state index contributed by atoms with van der Waals surface area (Å²) in [5.41, 5.74) is 3.34.